The van der Waals surface area contributed by atoms with Gasteiger partial charge < -0.3 is 20.1 Å². The van der Waals surface area contributed by atoms with Crippen LogP contribution in [0.25, 0.3) is 0 Å². The largest absolute Gasteiger partial charge is 0.486 e. The topological polar surface area (TPSA) is 116 Å². The van der Waals surface area contributed by atoms with Gasteiger partial charge in [-0.1, -0.05) is 36.9 Å². The highest BCUT2D eigenvalue weighted by atomic mass is 35.5. The molecule has 2 N–H and O–H groups in total. The summed E-state index contributed by atoms with van der Waals surface area (Å²) in [5.41, 5.74) is 0.680. The zero-order chi connectivity index (χ0) is 27.6. The summed E-state index contributed by atoms with van der Waals surface area (Å²) >= 11 is 5.96. The number of rotatable bonds is 6. The lowest BCUT2D eigenvalue weighted by Crippen LogP contribution is -2.53. The number of amides is 2. The minimum atomic E-state index is -3.80. The second kappa shape index (κ2) is 11.8. The van der Waals surface area contributed by atoms with Gasteiger partial charge in [-0.15, -0.1) is 0 Å². The van der Waals surface area contributed by atoms with Gasteiger partial charge >= 0.3 is 0 Å². The van der Waals surface area contributed by atoms with Gasteiger partial charge in [-0.2, -0.15) is 4.31 Å². The zero-order valence-corrected chi connectivity index (χ0v) is 23.3. The van der Waals surface area contributed by atoms with Crippen LogP contribution in [0.2, 0.25) is 5.02 Å². The lowest BCUT2D eigenvalue weighted by Gasteiger charge is -2.42. The van der Waals surface area contributed by atoms with E-state index in [-0.39, 0.29) is 66.1 Å². The highest BCUT2D eigenvalue weighted by molar-refractivity contribution is 7.89. The molecule has 2 atom stereocenters. The number of β-amino-alcohol motifs (C(OH)–C–C–N with tert-alkyl or cyclic N) is 1. The Morgan fingerprint density at radius 3 is 2.51 bits per heavy atom. The van der Waals surface area contributed by atoms with Gasteiger partial charge in [-0.25, -0.2) is 8.42 Å². The monoisotopic (exact) mass is 575 g/mol. The first-order valence-electron chi connectivity index (χ1n) is 13.5. The second-order valence-corrected chi connectivity index (χ2v) is 12.9. The second-order valence-electron chi connectivity index (χ2n) is 10.5. The highest BCUT2D eigenvalue weighted by Crippen LogP contribution is 2.38. The molecular weight excluding hydrogens is 542 g/mol. The van der Waals surface area contributed by atoms with E-state index in [1.54, 1.807) is 35.2 Å². The number of fused-ring (bicyclic) bond motifs is 2. The first-order chi connectivity index (χ1) is 18.8. The summed E-state index contributed by atoms with van der Waals surface area (Å²) in [6, 6.07) is 11.1. The van der Waals surface area contributed by atoms with Gasteiger partial charge in [0.15, 0.2) is 5.75 Å². The number of aliphatic hydroxyl groups is 1. The van der Waals surface area contributed by atoms with E-state index < -0.39 is 16.1 Å². The number of aliphatic hydroxyl groups excluding tert-OH is 1. The fraction of sp³-hybridized carbons (Fsp3) is 0.500. The average Bonchev–Trinajstić information content (AvgIpc) is 2.94. The Bertz CT molecular complexity index is 1310. The zero-order valence-electron chi connectivity index (χ0n) is 21.7. The third kappa shape index (κ3) is 5.94. The quantitative estimate of drug-likeness (QED) is 0.542. The number of carbonyl (C=O) groups excluding carboxylic acids is 2. The van der Waals surface area contributed by atoms with Crippen molar-refractivity contribution in [3.8, 4) is 5.75 Å². The van der Waals surface area contributed by atoms with E-state index in [4.69, 9.17) is 16.3 Å². The number of anilines is 1. The number of halogens is 1. The molecule has 0 radical (unpaired) electrons. The van der Waals surface area contributed by atoms with Crippen molar-refractivity contribution in [2.45, 2.75) is 49.5 Å². The van der Waals surface area contributed by atoms with Crippen LogP contribution >= 0.6 is 11.6 Å². The molecule has 9 nitrogen and oxygen atoms in total. The van der Waals surface area contributed by atoms with Gasteiger partial charge in [-0.05, 0) is 55.7 Å². The molecule has 2 fully saturated rings. The number of benzene rings is 2. The lowest BCUT2D eigenvalue weighted by atomic mass is 9.88. The smallest absolute Gasteiger partial charge is 0.257 e. The number of sulfonamides is 1. The van der Waals surface area contributed by atoms with E-state index in [0.29, 0.717) is 23.7 Å². The van der Waals surface area contributed by atoms with Crippen molar-refractivity contribution >= 4 is 39.1 Å². The molecule has 0 spiro atoms. The molecule has 2 aromatic carbocycles. The molecule has 1 saturated carbocycles. The number of nitrogens with one attached hydrogen (secondary N) is 1. The van der Waals surface area contributed by atoms with Gasteiger partial charge in [0, 0.05) is 36.5 Å². The molecule has 3 aliphatic rings. The van der Waals surface area contributed by atoms with Crippen LogP contribution in [0.15, 0.2) is 47.4 Å². The Morgan fingerprint density at radius 2 is 1.79 bits per heavy atom. The number of hydrogen-bond acceptors (Lipinski definition) is 6. The molecule has 0 bridgehead atoms. The Kier molecular flexibility index (Phi) is 8.46. The Hall–Kier alpha value is -2.66. The minimum absolute atomic E-state index is 0.0845. The number of hydrogen-bond donors (Lipinski definition) is 2. The van der Waals surface area contributed by atoms with Crippen LogP contribution in [-0.4, -0.2) is 73.4 Å². The maximum absolute atomic E-state index is 13.5. The van der Waals surface area contributed by atoms with Crippen molar-refractivity contribution in [2.75, 3.05) is 38.1 Å². The van der Waals surface area contributed by atoms with Crippen LogP contribution < -0.4 is 10.1 Å². The van der Waals surface area contributed by atoms with Crippen LogP contribution in [0, 0.1) is 11.8 Å². The summed E-state index contributed by atoms with van der Waals surface area (Å²) in [7, 11) is -3.80. The minimum Gasteiger partial charge on any atom is -0.486 e. The molecule has 11 heteroatoms. The van der Waals surface area contributed by atoms with E-state index in [0.717, 1.165) is 32.1 Å². The van der Waals surface area contributed by atoms with Gasteiger partial charge in [0.2, 0.25) is 15.9 Å². The number of nitrogens with zero attached hydrogens (tertiary/aromatic N) is 2. The SMILES string of the molecule is O=C(Nc1cccc2c1O[C@H]1CN(S(=O)(=O)c3ccc(Cl)cc3)CC[C@H]1CN(CCO)C2=O)C1CCCCC1. The first kappa shape index (κ1) is 27.9. The Morgan fingerprint density at radius 1 is 1.05 bits per heavy atom. The van der Waals surface area contributed by atoms with Gasteiger partial charge in [0.1, 0.15) is 6.10 Å². The summed E-state index contributed by atoms with van der Waals surface area (Å²) < 4.78 is 34.8. The van der Waals surface area contributed by atoms with Gasteiger partial charge in [0.25, 0.3) is 5.91 Å². The average molecular weight is 576 g/mol. The van der Waals surface area contributed by atoms with E-state index in [9.17, 15) is 23.1 Å². The number of piperidine rings is 1. The van der Waals surface area contributed by atoms with E-state index in [1.165, 1.54) is 16.4 Å². The molecule has 0 aromatic heterocycles. The highest BCUT2D eigenvalue weighted by Gasteiger charge is 2.41. The van der Waals surface area contributed by atoms with E-state index >= 15 is 0 Å². The lowest BCUT2D eigenvalue weighted by molar-refractivity contribution is -0.120. The number of para-hydroxylation sites is 1. The predicted molar refractivity (Wildman–Crippen MR) is 147 cm³/mol. The maximum Gasteiger partial charge on any atom is 0.257 e. The third-order valence-electron chi connectivity index (χ3n) is 7.97. The molecule has 2 heterocycles. The molecule has 1 aliphatic carbocycles. The Labute approximate surface area is 234 Å². The molecule has 2 amide bonds. The van der Waals surface area contributed by atoms with Crippen molar-refractivity contribution in [3.63, 3.8) is 0 Å². The fourth-order valence-electron chi connectivity index (χ4n) is 5.78. The van der Waals surface area contributed by atoms with Gasteiger partial charge in [0.05, 0.1) is 29.3 Å². The summed E-state index contributed by atoms with van der Waals surface area (Å²) in [5.74, 6) is -0.391. The van der Waals surface area contributed by atoms with E-state index in [1.807, 2.05) is 0 Å². The standard InChI is InChI=1S/C28H34ClN3O6S/c29-21-9-11-22(12-10-21)39(36,37)32-14-13-20-17-31(15-16-33)28(35)23-7-4-8-24(26(23)38-25(20)18-32)30-27(34)19-5-2-1-3-6-19/h4,7-12,19-20,25,33H,1-3,5-6,13-18H2,(H,30,34)/t20-,25-/m0/s1. The molecule has 2 aromatic rings. The van der Waals surface area contributed by atoms with Crippen LogP contribution in [0.3, 0.4) is 0 Å². The number of carbonyl (C=O) groups is 2. The normalized spacial score (nSPS) is 22.7. The molecule has 39 heavy (non-hydrogen) atoms. The van der Waals surface area contributed by atoms with Crippen LogP contribution in [0.4, 0.5) is 5.69 Å². The molecule has 5 rings (SSSR count). The number of ether oxygens (including phenoxy) is 1. The predicted octanol–water partition coefficient (Wildman–Crippen LogP) is 3.77. The molecular formula is C28H34ClN3O6S. The van der Waals surface area contributed by atoms with Crippen LogP contribution in [0.5, 0.6) is 5.75 Å². The maximum atomic E-state index is 13.5. The third-order valence-corrected chi connectivity index (χ3v) is 10.1. The van der Waals surface area contributed by atoms with Crippen molar-refractivity contribution < 1.29 is 27.9 Å². The van der Waals surface area contributed by atoms with Crippen molar-refractivity contribution in [1.82, 2.24) is 9.21 Å². The van der Waals surface area contributed by atoms with E-state index in [2.05, 4.69) is 5.32 Å². The molecule has 1 saturated heterocycles. The summed E-state index contributed by atoms with van der Waals surface area (Å²) in [6.45, 7) is 0.628. The van der Waals surface area contributed by atoms with Crippen molar-refractivity contribution in [2.24, 2.45) is 11.8 Å². The summed E-state index contributed by atoms with van der Waals surface area (Å²) in [4.78, 5) is 28.4. The fourth-order valence-corrected chi connectivity index (χ4v) is 7.38. The van der Waals surface area contributed by atoms with Crippen LogP contribution in [0.1, 0.15) is 48.9 Å². The van der Waals surface area contributed by atoms with Crippen molar-refractivity contribution in [3.05, 3.63) is 53.1 Å². The molecule has 210 valence electrons. The summed E-state index contributed by atoms with van der Waals surface area (Å²) in [6.07, 6.45) is 4.71. The summed E-state index contributed by atoms with van der Waals surface area (Å²) in [5, 5.41) is 13.1. The first-order valence-corrected chi connectivity index (χ1v) is 15.4. The van der Waals surface area contributed by atoms with Gasteiger partial charge in [-0.3, -0.25) is 9.59 Å². The van der Waals surface area contributed by atoms with Crippen molar-refractivity contribution in [1.29, 1.82) is 0 Å². The Balaban J connectivity index is 1.46. The van der Waals surface area contributed by atoms with Crippen LogP contribution in [-0.2, 0) is 14.8 Å². The molecule has 2 aliphatic heterocycles. The molecule has 0 unspecified atom stereocenters.